The SMILES string of the molecule is COC(=O)Cn1ncc(NCC2CCSCC2)c(Cl)c1=O. The molecular weight excluding hydrogens is 314 g/mol. The number of hydrogen-bond acceptors (Lipinski definition) is 6. The molecule has 0 aliphatic carbocycles. The van der Waals surface area contributed by atoms with Crippen LogP contribution in [0.3, 0.4) is 0 Å². The first-order chi connectivity index (χ1) is 10.1. The summed E-state index contributed by atoms with van der Waals surface area (Å²) in [5.74, 6) is 2.42. The Bertz CT molecular complexity index is 558. The van der Waals surface area contributed by atoms with Gasteiger partial charge in [0.25, 0.3) is 5.56 Å². The van der Waals surface area contributed by atoms with E-state index in [4.69, 9.17) is 11.6 Å². The molecule has 0 atom stereocenters. The normalized spacial score (nSPS) is 15.7. The monoisotopic (exact) mass is 331 g/mol. The number of halogens is 1. The van der Waals surface area contributed by atoms with Crippen molar-refractivity contribution in [1.82, 2.24) is 9.78 Å². The molecule has 116 valence electrons. The van der Waals surface area contributed by atoms with Crippen LogP contribution in [0.5, 0.6) is 0 Å². The molecule has 0 bridgehead atoms. The van der Waals surface area contributed by atoms with E-state index in [1.807, 2.05) is 11.8 Å². The first-order valence-corrected chi connectivity index (χ1v) is 8.29. The summed E-state index contributed by atoms with van der Waals surface area (Å²) < 4.78 is 5.50. The van der Waals surface area contributed by atoms with E-state index < -0.39 is 11.5 Å². The highest BCUT2D eigenvalue weighted by molar-refractivity contribution is 7.99. The molecule has 0 saturated carbocycles. The van der Waals surface area contributed by atoms with Crippen molar-refractivity contribution in [3.63, 3.8) is 0 Å². The van der Waals surface area contributed by atoms with Crippen molar-refractivity contribution in [2.45, 2.75) is 19.4 Å². The second kappa shape index (κ2) is 7.70. The van der Waals surface area contributed by atoms with Gasteiger partial charge in [-0.1, -0.05) is 11.6 Å². The maximum atomic E-state index is 12.0. The summed E-state index contributed by atoms with van der Waals surface area (Å²) in [7, 11) is 1.26. The van der Waals surface area contributed by atoms with Crippen molar-refractivity contribution in [3.05, 3.63) is 21.6 Å². The summed E-state index contributed by atoms with van der Waals surface area (Å²) in [5, 5.41) is 7.18. The Labute approximate surface area is 132 Å². The summed E-state index contributed by atoms with van der Waals surface area (Å²) in [6, 6.07) is 0. The smallest absolute Gasteiger partial charge is 0.327 e. The number of rotatable bonds is 5. The second-order valence-corrected chi connectivity index (χ2v) is 6.45. The van der Waals surface area contributed by atoms with Crippen LogP contribution in [0.25, 0.3) is 0 Å². The molecule has 1 aliphatic rings. The van der Waals surface area contributed by atoms with Crippen molar-refractivity contribution < 1.29 is 9.53 Å². The maximum Gasteiger partial charge on any atom is 0.327 e. The number of nitrogens with zero attached hydrogens (tertiary/aromatic N) is 2. The Hall–Kier alpha value is -1.21. The van der Waals surface area contributed by atoms with E-state index >= 15 is 0 Å². The first-order valence-electron chi connectivity index (χ1n) is 6.76. The lowest BCUT2D eigenvalue weighted by atomic mass is 10.0. The lowest BCUT2D eigenvalue weighted by molar-refractivity contribution is -0.141. The highest BCUT2D eigenvalue weighted by Crippen LogP contribution is 2.24. The zero-order valence-electron chi connectivity index (χ0n) is 11.8. The molecule has 1 N–H and O–H groups in total. The zero-order chi connectivity index (χ0) is 15.2. The van der Waals surface area contributed by atoms with Crippen molar-refractivity contribution in [1.29, 1.82) is 0 Å². The number of carbonyl (C=O) groups excluding carboxylic acids is 1. The van der Waals surface area contributed by atoms with Gasteiger partial charge >= 0.3 is 5.97 Å². The number of nitrogens with one attached hydrogen (secondary N) is 1. The minimum Gasteiger partial charge on any atom is -0.468 e. The van der Waals surface area contributed by atoms with Crippen LogP contribution in [0.4, 0.5) is 5.69 Å². The van der Waals surface area contributed by atoms with E-state index in [0.29, 0.717) is 11.6 Å². The number of methoxy groups -OCH3 is 1. The lowest BCUT2D eigenvalue weighted by Crippen LogP contribution is -2.28. The number of carbonyl (C=O) groups is 1. The molecule has 0 amide bonds. The lowest BCUT2D eigenvalue weighted by Gasteiger charge is -2.22. The standard InChI is InChI=1S/C13H18ClN3O3S/c1-20-11(18)8-17-13(19)12(14)10(7-16-17)15-6-9-2-4-21-5-3-9/h7,9,15H,2-6,8H2,1H3. The molecule has 2 rings (SSSR count). The summed E-state index contributed by atoms with van der Waals surface area (Å²) in [4.78, 5) is 23.2. The number of hydrogen-bond donors (Lipinski definition) is 1. The molecule has 1 fully saturated rings. The van der Waals surface area contributed by atoms with Crippen LogP contribution in [0.15, 0.2) is 11.0 Å². The fraction of sp³-hybridized carbons (Fsp3) is 0.615. The van der Waals surface area contributed by atoms with Crippen molar-refractivity contribution in [2.24, 2.45) is 5.92 Å². The van der Waals surface area contributed by atoms with E-state index in [1.165, 1.54) is 37.7 Å². The number of aromatic nitrogens is 2. The molecular formula is C13H18ClN3O3S. The van der Waals surface area contributed by atoms with Crippen LogP contribution in [-0.4, -0.2) is 40.9 Å². The molecule has 0 aromatic carbocycles. The third kappa shape index (κ3) is 4.38. The summed E-state index contributed by atoms with van der Waals surface area (Å²) in [6.45, 7) is 0.539. The molecule has 8 heteroatoms. The summed E-state index contributed by atoms with van der Waals surface area (Å²) in [5.41, 5.74) is 0.0206. The minimum atomic E-state index is -0.541. The topological polar surface area (TPSA) is 73.2 Å². The molecule has 0 spiro atoms. The molecule has 1 aromatic rings. The van der Waals surface area contributed by atoms with Gasteiger partial charge in [0, 0.05) is 6.54 Å². The number of thioether (sulfide) groups is 1. The highest BCUT2D eigenvalue weighted by Gasteiger charge is 2.16. The summed E-state index contributed by atoms with van der Waals surface area (Å²) in [6.07, 6.45) is 3.81. The molecule has 1 aliphatic heterocycles. The number of ether oxygens (including phenoxy) is 1. The predicted octanol–water partition coefficient (Wildman–Crippen LogP) is 1.62. The number of esters is 1. The Balaban J connectivity index is 2.02. The summed E-state index contributed by atoms with van der Waals surface area (Å²) >= 11 is 8.02. The third-order valence-electron chi connectivity index (χ3n) is 3.41. The van der Waals surface area contributed by atoms with Crippen LogP contribution in [0, 0.1) is 5.92 Å². The van der Waals surface area contributed by atoms with Gasteiger partial charge in [-0.2, -0.15) is 16.9 Å². The van der Waals surface area contributed by atoms with Crippen LogP contribution in [0.2, 0.25) is 5.02 Å². The zero-order valence-corrected chi connectivity index (χ0v) is 13.4. The Kier molecular flexibility index (Phi) is 5.93. The van der Waals surface area contributed by atoms with Gasteiger partial charge in [0.05, 0.1) is 19.0 Å². The van der Waals surface area contributed by atoms with Crippen LogP contribution < -0.4 is 10.9 Å². The van der Waals surface area contributed by atoms with Gasteiger partial charge in [-0.3, -0.25) is 9.59 Å². The van der Waals surface area contributed by atoms with E-state index in [9.17, 15) is 9.59 Å². The van der Waals surface area contributed by atoms with Gasteiger partial charge in [0.2, 0.25) is 0 Å². The van der Waals surface area contributed by atoms with Crippen LogP contribution in [0.1, 0.15) is 12.8 Å². The Morgan fingerprint density at radius 2 is 2.29 bits per heavy atom. The van der Waals surface area contributed by atoms with Gasteiger partial charge in [0.1, 0.15) is 11.6 Å². The van der Waals surface area contributed by atoms with E-state index in [2.05, 4.69) is 15.2 Å². The first kappa shape index (κ1) is 16.2. The highest BCUT2D eigenvalue weighted by atomic mass is 35.5. The van der Waals surface area contributed by atoms with E-state index in [0.717, 1.165) is 11.2 Å². The van der Waals surface area contributed by atoms with Crippen molar-refractivity contribution >= 4 is 35.0 Å². The largest absolute Gasteiger partial charge is 0.468 e. The molecule has 2 heterocycles. The Morgan fingerprint density at radius 1 is 1.57 bits per heavy atom. The van der Waals surface area contributed by atoms with E-state index in [1.54, 1.807) is 0 Å². The fourth-order valence-corrected chi connectivity index (χ4v) is 3.51. The molecule has 21 heavy (non-hydrogen) atoms. The van der Waals surface area contributed by atoms with Gasteiger partial charge < -0.3 is 10.1 Å². The van der Waals surface area contributed by atoms with Crippen molar-refractivity contribution in [3.8, 4) is 0 Å². The van der Waals surface area contributed by atoms with E-state index in [-0.39, 0.29) is 11.6 Å². The average molecular weight is 332 g/mol. The molecule has 0 unspecified atom stereocenters. The van der Waals surface area contributed by atoms with Crippen molar-refractivity contribution in [2.75, 3.05) is 30.5 Å². The van der Waals surface area contributed by atoms with Gasteiger partial charge in [-0.25, -0.2) is 4.68 Å². The fourth-order valence-electron chi connectivity index (χ4n) is 2.09. The predicted molar refractivity (Wildman–Crippen MR) is 84.1 cm³/mol. The molecule has 6 nitrogen and oxygen atoms in total. The average Bonchev–Trinajstić information content (AvgIpc) is 2.52. The van der Waals surface area contributed by atoms with Gasteiger partial charge in [0.15, 0.2) is 0 Å². The molecule has 0 radical (unpaired) electrons. The third-order valence-corrected chi connectivity index (χ3v) is 4.83. The van der Waals surface area contributed by atoms with Gasteiger partial charge in [-0.05, 0) is 30.3 Å². The van der Waals surface area contributed by atoms with Crippen LogP contribution in [-0.2, 0) is 16.1 Å². The Morgan fingerprint density at radius 3 is 2.95 bits per heavy atom. The quantitative estimate of drug-likeness (QED) is 0.827. The number of anilines is 1. The minimum absolute atomic E-state index is 0.0547. The molecule has 1 aromatic heterocycles. The van der Waals surface area contributed by atoms with Crippen LogP contribution >= 0.6 is 23.4 Å². The maximum absolute atomic E-state index is 12.0. The second-order valence-electron chi connectivity index (χ2n) is 4.85. The molecule has 1 saturated heterocycles. The van der Waals surface area contributed by atoms with Gasteiger partial charge in [-0.15, -0.1) is 0 Å².